The van der Waals surface area contributed by atoms with Gasteiger partial charge in [-0.25, -0.2) is 0 Å². The summed E-state index contributed by atoms with van der Waals surface area (Å²) in [5.74, 6) is 0. The van der Waals surface area contributed by atoms with E-state index in [1.807, 2.05) is 48.5 Å². The highest BCUT2D eigenvalue weighted by Crippen LogP contribution is 2.04. The lowest BCUT2D eigenvalue weighted by Gasteiger charge is -2.22. The lowest BCUT2D eigenvalue weighted by molar-refractivity contribution is -0.103. The van der Waals surface area contributed by atoms with Gasteiger partial charge in [-0.15, -0.1) is 0 Å². The molecule has 0 aromatic rings. The molecule has 0 saturated heterocycles. The number of hydrogen-bond acceptors (Lipinski definition) is 7. The summed E-state index contributed by atoms with van der Waals surface area (Å²) in [4.78, 5) is 0. The molecule has 0 aliphatic rings. The van der Waals surface area contributed by atoms with E-state index in [1.165, 1.54) is 0 Å². The largest absolute Gasteiger partial charge is 0.382 e. The van der Waals surface area contributed by atoms with Gasteiger partial charge in [0, 0.05) is 13.7 Å². The smallest absolute Gasteiger partial charge is 0.0781 e. The summed E-state index contributed by atoms with van der Waals surface area (Å²) in [6, 6.07) is 0. The summed E-state index contributed by atoms with van der Waals surface area (Å²) in [7, 11) is 1.67. The summed E-state index contributed by atoms with van der Waals surface area (Å²) in [6.07, 6.45) is 0.184. The summed E-state index contributed by atoms with van der Waals surface area (Å²) >= 11 is 0. The van der Waals surface area contributed by atoms with Crippen LogP contribution in [-0.4, -0.2) is 90.0 Å². The van der Waals surface area contributed by atoms with Crippen molar-refractivity contribution in [3.8, 4) is 0 Å². The van der Waals surface area contributed by atoms with Gasteiger partial charge in [-0.3, -0.25) is 0 Å². The fraction of sp³-hybridized carbons (Fsp3) is 1.00. The van der Waals surface area contributed by atoms with Gasteiger partial charge >= 0.3 is 0 Å². The van der Waals surface area contributed by atoms with Gasteiger partial charge in [0.25, 0.3) is 0 Å². The summed E-state index contributed by atoms with van der Waals surface area (Å²) in [6.45, 7) is 17.9. The molecular formula is C21H44O7. The summed E-state index contributed by atoms with van der Waals surface area (Å²) in [5, 5.41) is 0. The van der Waals surface area contributed by atoms with Crippen molar-refractivity contribution in [1.82, 2.24) is 0 Å². The van der Waals surface area contributed by atoms with E-state index in [0.717, 1.165) is 0 Å². The Hall–Kier alpha value is -0.280. The van der Waals surface area contributed by atoms with Crippen molar-refractivity contribution >= 4 is 0 Å². The number of methoxy groups -OCH3 is 1. The molecule has 7 heteroatoms. The molecule has 0 aromatic carbocycles. The van der Waals surface area contributed by atoms with Crippen LogP contribution in [0, 0.1) is 0 Å². The van der Waals surface area contributed by atoms with Gasteiger partial charge < -0.3 is 33.2 Å². The molecule has 0 rings (SSSR count). The highest BCUT2D eigenvalue weighted by Gasteiger charge is 2.13. The Bertz CT molecular complexity index is 311. The van der Waals surface area contributed by atoms with Gasteiger partial charge in [-0.1, -0.05) is 0 Å². The summed E-state index contributed by atoms with van der Waals surface area (Å²) in [5.41, 5.74) is 0. The second kappa shape index (κ2) is 17.6. The molecule has 6 atom stereocenters. The average molecular weight is 409 g/mol. The molecule has 0 heterocycles. The van der Waals surface area contributed by atoms with Crippen molar-refractivity contribution in [2.75, 3.05) is 53.4 Å². The maximum Gasteiger partial charge on any atom is 0.0781 e. The molecule has 0 aromatic heterocycles. The standard InChI is InChI=1S/C21H44O7/c1-9-23-17(3)11-25-19(5)13-27-21(7)15-28-20(6)14-26-18(4)12-24-16(2)10-22-8/h16-21H,9-15H2,1-8H3. The number of ether oxygens (including phenoxy) is 7. The van der Waals surface area contributed by atoms with Crippen molar-refractivity contribution in [3.05, 3.63) is 0 Å². The van der Waals surface area contributed by atoms with Gasteiger partial charge in [0.15, 0.2) is 0 Å². The molecule has 28 heavy (non-hydrogen) atoms. The van der Waals surface area contributed by atoms with E-state index in [2.05, 4.69) is 0 Å². The van der Waals surface area contributed by atoms with Crippen LogP contribution in [0.3, 0.4) is 0 Å². The van der Waals surface area contributed by atoms with Crippen LogP contribution in [-0.2, 0) is 33.2 Å². The topological polar surface area (TPSA) is 64.6 Å². The predicted octanol–water partition coefficient (Wildman–Crippen LogP) is 3.08. The zero-order valence-electron chi connectivity index (χ0n) is 19.3. The molecule has 6 unspecified atom stereocenters. The second-order valence-electron chi connectivity index (χ2n) is 7.44. The third kappa shape index (κ3) is 16.7. The van der Waals surface area contributed by atoms with E-state index < -0.39 is 0 Å². The molecule has 0 radical (unpaired) electrons. The number of rotatable bonds is 19. The Labute approximate surface area is 172 Å². The zero-order chi connectivity index (χ0) is 21.4. The van der Waals surface area contributed by atoms with Crippen molar-refractivity contribution in [3.63, 3.8) is 0 Å². The molecular weight excluding hydrogens is 364 g/mol. The molecule has 0 N–H and O–H groups in total. The van der Waals surface area contributed by atoms with E-state index >= 15 is 0 Å². The molecule has 7 nitrogen and oxygen atoms in total. The minimum atomic E-state index is -0.00869. The van der Waals surface area contributed by atoms with E-state index in [0.29, 0.717) is 46.2 Å². The third-order valence-electron chi connectivity index (χ3n) is 3.93. The fourth-order valence-electron chi connectivity index (χ4n) is 2.31. The Morgan fingerprint density at radius 1 is 0.429 bits per heavy atom. The maximum atomic E-state index is 5.81. The van der Waals surface area contributed by atoms with Crippen LogP contribution in [0.15, 0.2) is 0 Å². The van der Waals surface area contributed by atoms with Crippen LogP contribution in [0.5, 0.6) is 0 Å². The van der Waals surface area contributed by atoms with Crippen LogP contribution in [0.4, 0.5) is 0 Å². The molecule has 0 aliphatic heterocycles. The molecule has 0 aliphatic carbocycles. The van der Waals surface area contributed by atoms with Gasteiger partial charge in [0.2, 0.25) is 0 Å². The lowest BCUT2D eigenvalue weighted by Crippen LogP contribution is -2.29. The Balaban J connectivity index is 3.75. The van der Waals surface area contributed by atoms with Crippen molar-refractivity contribution < 1.29 is 33.2 Å². The van der Waals surface area contributed by atoms with E-state index in [1.54, 1.807) is 7.11 Å². The molecule has 0 spiro atoms. The van der Waals surface area contributed by atoms with E-state index in [4.69, 9.17) is 33.2 Å². The molecule has 170 valence electrons. The molecule has 0 bridgehead atoms. The van der Waals surface area contributed by atoms with E-state index in [9.17, 15) is 0 Å². The third-order valence-corrected chi connectivity index (χ3v) is 3.93. The van der Waals surface area contributed by atoms with Crippen molar-refractivity contribution in [2.45, 2.75) is 85.1 Å². The van der Waals surface area contributed by atoms with Crippen LogP contribution in [0.1, 0.15) is 48.5 Å². The monoisotopic (exact) mass is 408 g/mol. The average Bonchev–Trinajstić information content (AvgIpc) is 2.66. The fourth-order valence-corrected chi connectivity index (χ4v) is 2.31. The minimum absolute atomic E-state index is 0.00605. The first-order valence-corrected chi connectivity index (χ1v) is 10.5. The predicted molar refractivity (Wildman–Crippen MR) is 110 cm³/mol. The summed E-state index contributed by atoms with van der Waals surface area (Å²) < 4.78 is 39.2. The maximum absolute atomic E-state index is 5.81. The molecule has 0 saturated carbocycles. The minimum Gasteiger partial charge on any atom is -0.382 e. The first-order chi connectivity index (χ1) is 13.3. The molecule has 0 amide bonds. The Morgan fingerprint density at radius 3 is 0.929 bits per heavy atom. The zero-order valence-corrected chi connectivity index (χ0v) is 19.3. The molecule has 0 fully saturated rings. The lowest BCUT2D eigenvalue weighted by atomic mass is 10.3. The Morgan fingerprint density at radius 2 is 0.679 bits per heavy atom. The normalized spacial score (nSPS) is 18.4. The van der Waals surface area contributed by atoms with Crippen LogP contribution < -0.4 is 0 Å². The highest BCUT2D eigenvalue weighted by atomic mass is 16.6. The first kappa shape index (κ1) is 27.7. The second-order valence-corrected chi connectivity index (χ2v) is 7.44. The van der Waals surface area contributed by atoms with Crippen molar-refractivity contribution in [1.29, 1.82) is 0 Å². The van der Waals surface area contributed by atoms with Crippen molar-refractivity contribution in [2.24, 2.45) is 0 Å². The SMILES string of the molecule is CCOC(C)COC(C)COC(C)COC(C)COC(C)COC(C)COC. The van der Waals surface area contributed by atoms with Gasteiger partial charge in [-0.2, -0.15) is 0 Å². The Kier molecular flexibility index (Phi) is 17.4. The quantitative estimate of drug-likeness (QED) is 0.325. The highest BCUT2D eigenvalue weighted by molar-refractivity contribution is 4.58. The van der Waals surface area contributed by atoms with Crippen LogP contribution >= 0.6 is 0 Å². The van der Waals surface area contributed by atoms with Gasteiger partial charge in [0.05, 0.1) is 76.3 Å². The van der Waals surface area contributed by atoms with E-state index in [-0.39, 0.29) is 36.6 Å². The first-order valence-electron chi connectivity index (χ1n) is 10.5. The van der Waals surface area contributed by atoms with Crippen LogP contribution in [0.2, 0.25) is 0 Å². The number of hydrogen-bond donors (Lipinski definition) is 0. The van der Waals surface area contributed by atoms with Gasteiger partial charge in [0.1, 0.15) is 0 Å². The van der Waals surface area contributed by atoms with Crippen LogP contribution in [0.25, 0.3) is 0 Å². The van der Waals surface area contributed by atoms with Gasteiger partial charge in [-0.05, 0) is 48.5 Å².